The van der Waals surface area contributed by atoms with Crippen molar-refractivity contribution in [1.82, 2.24) is 4.98 Å². The van der Waals surface area contributed by atoms with Crippen LogP contribution in [0.15, 0.2) is 55.9 Å². The van der Waals surface area contributed by atoms with Crippen molar-refractivity contribution in [3.63, 3.8) is 0 Å². The van der Waals surface area contributed by atoms with Crippen LogP contribution in [0.2, 0.25) is 0 Å². The molecule has 0 saturated heterocycles. The fourth-order valence-electron chi connectivity index (χ4n) is 3.08. The molecule has 0 amide bonds. The van der Waals surface area contributed by atoms with Crippen molar-refractivity contribution in [3.8, 4) is 0 Å². The van der Waals surface area contributed by atoms with Gasteiger partial charge in [0.25, 0.3) is 0 Å². The molecule has 1 aliphatic carbocycles. The Balaban J connectivity index is 1.71. The lowest BCUT2D eigenvalue weighted by molar-refractivity contribution is -0.211. The zero-order valence-electron chi connectivity index (χ0n) is 14.2. The Bertz CT molecular complexity index is 840. The summed E-state index contributed by atoms with van der Waals surface area (Å²) in [5, 5.41) is 0. The molecular weight excluding hydrogens is 342 g/mol. The van der Waals surface area contributed by atoms with Crippen LogP contribution >= 0.6 is 0 Å². The van der Waals surface area contributed by atoms with E-state index in [2.05, 4.69) is 18.1 Å². The molecule has 0 N–H and O–H groups in total. The molecule has 0 unspecified atom stereocenters. The number of rotatable bonds is 5. The summed E-state index contributed by atoms with van der Waals surface area (Å²) in [7, 11) is 0. The zero-order chi connectivity index (χ0) is 18.9. The Labute approximate surface area is 150 Å². The third-order valence-electron chi connectivity index (χ3n) is 4.77. The minimum Gasteiger partial charge on any atom is -0.264 e. The quantitative estimate of drug-likeness (QED) is 0.599. The molecule has 1 aliphatic rings. The summed E-state index contributed by atoms with van der Waals surface area (Å²) in [6, 6.07) is 8.49. The Kier molecular flexibility index (Phi) is 4.74. The summed E-state index contributed by atoms with van der Waals surface area (Å²) in [5.41, 5.74) is 3.85. The van der Waals surface area contributed by atoms with Gasteiger partial charge in [-0.1, -0.05) is 37.4 Å². The van der Waals surface area contributed by atoms with E-state index in [0.717, 1.165) is 16.7 Å². The Morgan fingerprint density at radius 2 is 1.50 bits per heavy atom. The lowest BCUT2D eigenvalue weighted by atomic mass is 9.84. The first kappa shape index (κ1) is 18.4. The van der Waals surface area contributed by atoms with E-state index in [0.29, 0.717) is 18.4 Å². The van der Waals surface area contributed by atoms with Gasteiger partial charge in [0.2, 0.25) is 0 Å². The topological polar surface area (TPSA) is 12.9 Å². The minimum absolute atomic E-state index is 0.269. The third kappa shape index (κ3) is 3.57. The maximum atomic E-state index is 13.6. The van der Waals surface area contributed by atoms with E-state index in [4.69, 9.17) is 0 Å². The third-order valence-corrected chi connectivity index (χ3v) is 4.77. The monoisotopic (exact) mass is 361 g/mol. The molecule has 1 aromatic heterocycles. The van der Waals surface area contributed by atoms with Gasteiger partial charge in [0.1, 0.15) is 0 Å². The number of aromatic nitrogens is 1. The average Bonchev–Trinajstić information content (AvgIpc) is 2.60. The smallest absolute Gasteiger partial charge is 0.264 e. The number of benzene rings is 1. The molecule has 5 heteroatoms. The summed E-state index contributed by atoms with van der Waals surface area (Å²) >= 11 is 0. The molecule has 0 atom stereocenters. The molecule has 136 valence electrons. The van der Waals surface area contributed by atoms with Crippen molar-refractivity contribution < 1.29 is 17.6 Å². The number of halogens is 4. The molecule has 0 bridgehead atoms. The lowest BCUT2D eigenvalue weighted by Gasteiger charge is -2.32. The number of hydrogen-bond donors (Lipinski definition) is 0. The van der Waals surface area contributed by atoms with Crippen LogP contribution in [0.3, 0.4) is 0 Å². The number of alkyl halides is 4. The second kappa shape index (κ2) is 6.71. The van der Waals surface area contributed by atoms with Gasteiger partial charge in [0.15, 0.2) is 0 Å². The average molecular weight is 361 g/mol. The van der Waals surface area contributed by atoms with Crippen molar-refractivity contribution in [2.24, 2.45) is 0 Å². The molecule has 0 aliphatic heterocycles. The Morgan fingerprint density at radius 1 is 0.885 bits per heavy atom. The van der Waals surface area contributed by atoms with E-state index in [1.165, 1.54) is 6.07 Å². The maximum Gasteiger partial charge on any atom is 0.314 e. The molecule has 1 heterocycles. The van der Waals surface area contributed by atoms with Crippen molar-refractivity contribution in [3.05, 3.63) is 78.1 Å². The van der Waals surface area contributed by atoms with Gasteiger partial charge < -0.3 is 0 Å². The Morgan fingerprint density at radius 3 is 2.12 bits per heavy atom. The van der Waals surface area contributed by atoms with Gasteiger partial charge in [-0.15, -0.1) is 0 Å². The van der Waals surface area contributed by atoms with E-state index in [-0.39, 0.29) is 11.1 Å². The molecule has 0 fully saturated rings. The molecule has 1 nitrogen and oxygen atoms in total. The lowest BCUT2D eigenvalue weighted by Crippen LogP contribution is -2.47. The molecular formula is C21H19F4N. The van der Waals surface area contributed by atoms with Crippen molar-refractivity contribution in [2.45, 2.75) is 37.5 Å². The predicted octanol–water partition coefficient (Wildman–Crippen LogP) is 5.96. The van der Waals surface area contributed by atoms with Crippen LogP contribution in [0.5, 0.6) is 0 Å². The zero-order valence-corrected chi connectivity index (χ0v) is 14.2. The van der Waals surface area contributed by atoms with E-state index < -0.39 is 24.7 Å². The molecule has 3 rings (SSSR count). The summed E-state index contributed by atoms with van der Waals surface area (Å²) in [6.07, 6.45) is 2.78. The molecule has 0 radical (unpaired) electrons. The summed E-state index contributed by atoms with van der Waals surface area (Å²) < 4.78 is 54.3. The second-order valence-electron chi connectivity index (χ2n) is 6.69. The van der Waals surface area contributed by atoms with Gasteiger partial charge in [-0.3, -0.25) is 4.98 Å². The van der Waals surface area contributed by atoms with Crippen molar-refractivity contribution in [2.75, 3.05) is 0 Å². The fourth-order valence-corrected chi connectivity index (χ4v) is 3.08. The van der Waals surface area contributed by atoms with Crippen LogP contribution in [0.25, 0.3) is 11.1 Å². The highest BCUT2D eigenvalue weighted by molar-refractivity contribution is 5.69. The van der Waals surface area contributed by atoms with Crippen LogP contribution < -0.4 is 0 Å². The van der Waals surface area contributed by atoms with Gasteiger partial charge in [0.05, 0.1) is 0 Å². The normalized spacial score (nSPS) is 17.4. The minimum atomic E-state index is -4.02. The standard InChI is InChI=1S/C21H19F4N/c1-14(5-6-15(2)18-4-3-9-26-13-18)16-7-8-17-11-20(22,23)21(24,25)12-19(17)10-16/h3-4,7-10,13H,1-2,5-6,11-12H2. The Hall–Kier alpha value is -2.43. The first-order valence-electron chi connectivity index (χ1n) is 8.33. The van der Waals surface area contributed by atoms with Crippen LogP contribution in [0.4, 0.5) is 17.6 Å². The largest absolute Gasteiger partial charge is 0.314 e. The van der Waals surface area contributed by atoms with Crippen LogP contribution in [0, 0.1) is 0 Å². The highest BCUT2D eigenvalue weighted by Crippen LogP contribution is 2.44. The molecule has 0 spiro atoms. The van der Waals surface area contributed by atoms with Gasteiger partial charge in [0, 0.05) is 25.2 Å². The number of hydrogen-bond acceptors (Lipinski definition) is 1. The molecule has 2 aromatic rings. The van der Waals surface area contributed by atoms with E-state index in [9.17, 15) is 17.6 Å². The summed E-state index contributed by atoms with van der Waals surface area (Å²) in [5.74, 6) is -8.02. The second-order valence-corrected chi connectivity index (χ2v) is 6.69. The van der Waals surface area contributed by atoms with E-state index in [1.54, 1.807) is 24.5 Å². The summed E-state index contributed by atoms with van der Waals surface area (Å²) in [4.78, 5) is 4.05. The number of fused-ring (bicyclic) bond motifs is 1. The maximum absolute atomic E-state index is 13.6. The number of allylic oxidation sites excluding steroid dienone is 2. The van der Waals surface area contributed by atoms with Gasteiger partial charge in [-0.25, -0.2) is 0 Å². The van der Waals surface area contributed by atoms with Gasteiger partial charge in [-0.2, -0.15) is 17.6 Å². The highest BCUT2D eigenvalue weighted by atomic mass is 19.3. The van der Waals surface area contributed by atoms with Crippen LogP contribution in [0.1, 0.15) is 35.1 Å². The summed E-state index contributed by atoms with van der Waals surface area (Å²) in [6.45, 7) is 8.04. The fraction of sp³-hybridized carbons (Fsp3) is 0.286. The van der Waals surface area contributed by atoms with Crippen molar-refractivity contribution in [1.29, 1.82) is 0 Å². The van der Waals surface area contributed by atoms with Gasteiger partial charge >= 0.3 is 11.8 Å². The van der Waals surface area contributed by atoms with Gasteiger partial charge in [-0.05, 0) is 52.3 Å². The molecule has 26 heavy (non-hydrogen) atoms. The SMILES string of the molecule is C=C(CCC(=C)c1ccc2c(c1)CC(F)(F)C(F)(F)C2)c1cccnc1. The predicted molar refractivity (Wildman–Crippen MR) is 95.3 cm³/mol. The molecule has 0 saturated carbocycles. The highest BCUT2D eigenvalue weighted by Gasteiger charge is 2.58. The van der Waals surface area contributed by atoms with Crippen LogP contribution in [-0.2, 0) is 12.8 Å². The van der Waals surface area contributed by atoms with Crippen molar-refractivity contribution >= 4 is 11.1 Å². The molecule has 1 aromatic carbocycles. The van der Waals surface area contributed by atoms with E-state index in [1.807, 2.05) is 12.1 Å². The first-order chi connectivity index (χ1) is 12.2. The first-order valence-corrected chi connectivity index (χ1v) is 8.33. The van der Waals surface area contributed by atoms with Crippen LogP contribution in [-0.4, -0.2) is 16.8 Å². The number of nitrogens with zero attached hydrogens (tertiary/aromatic N) is 1. The van der Waals surface area contributed by atoms with E-state index >= 15 is 0 Å². The number of pyridine rings is 1.